The number of amides is 1. The number of ether oxygens (including phenoxy) is 2. The van der Waals surface area contributed by atoms with Gasteiger partial charge in [0.1, 0.15) is 22.5 Å². The lowest BCUT2D eigenvalue weighted by Gasteiger charge is -2.35. The molecule has 0 unspecified atom stereocenters. The standard InChI is InChI=1S/C27H39BrN6O3Si/c1-27(2,3)37-26(35)33-11-9-32(10-12-33)18-20-7-8-21(29-16-20)23-15-22-25(30-17-24(28)31-22)34(23)19-36-13-14-38(4,5)6/h7-8,15-17H,9-14,18-19H2,1-6H3. The molecule has 0 aromatic carbocycles. The van der Waals surface area contributed by atoms with E-state index < -0.39 is 13.7 Å². The third-order valence-electron chi connectivity index (χ3n) is 6.30. The normalized spacial score (nSPS) is 15.3. The van der Waals surface area contributed by atoms with Crippen LogP contribution in [0.15, 0.2) is 35.2 Å². The van der Waals surface area contributed by atoms with Gasteiger partial charge in [-0.05, 0) is 60.4 Å². The molecule has 4 heterocycles. The zero-order chi connectivity index (χ0) is 27.5. The highest BCUT2D eigenvalue weighted by molar-refractivity contribution is 9.10. The Morgan fingerprint density at radius 2 is 1.82 bits per heavy atom. The van der Waals surface area contributed by atoms with Gasteiger partial charge in [-0.3, -0.25) is 14.5 Å². The van der Waals surface area contributed by atoms with Crippen molar-refractivity contribution in [3.05, 3.63) is 40.8 Å². The van der Waals surface area contributed by atoms with Crippen molar-refractivity contribution in [2.45, 2.75) is 65.3 Å². The largest absolute Gasteiger partial charge is 0.444 e. The van der Waals surface area contributed by atoms with Gasteiger partial charge in [-0.25, -0.2) is 14.8 Å². The van der Waals surface area contributed by atoms with Gasteiger partial charge in [0.15, 0.2) is 5.65 Å². The molecule has 206 valence electrons. The van der Waals surface area contributed by atoms with Gasteiger partial charge in [-0.15, -0.1) is 0 Å². The first-order valence-electron chi connectivity index (χ1n) is 13.1. The zero-order valence-corrected chi connectivity index (χ0v) is 25.9. The van der Waals surface area contributed by atoms with Crippen LogP contribution in [0.1, 0.15) is 26.3 Å². The molecule has 9 nitrogen and oxygen atoms in total. The van der Waals surface area contributed by atoms with Crippen LogP contribution in [0.3, 0.4) is 0 Å². The third kappa shape index (κ3) is 7.84. The molecule has 1 amide bonds. The van der Waals surface area contributed by atoms with Gasteiger partial charge in [0.25, 0.3) is 0 Å². The van der Waals surface area contributed by atoms with Crippen LogP contribution >= 0.6 is 15.9 Å². The van der Waals surface area contributed by atoms with Crippen LogP contribution < -0.4 is 0 Å². The van der Waals surface area contributed by atoms with Crippen LogP contribution in [0, 0.1) is 0 Å². The summed E-state index contributed by atoms with van der Waals surface area (Å²) in [6, 6.07) is 7.30. The Morgan fingerprint density at radius 1 is 1.08 bits per heavy atom. The maximum Gasteiger partial charge on any atom is 0.410 e. The molecule has 1 aliphatic heterocycles. The molecule has 1 aliphatic rings. The Labute approximate surface area is 234 Å². The van der Waals surface area contributed by atoms with Crippen molar-refractivity contribution in [1.82, 2.24) is 29.3 Å². The van der Waals surface area contributed by atoms with Gasteiger partial charge < -0.3 is 14.4 Å². The fraction of sp³-hybridized carbons (Fsp3) is 0.556. The second-order valence-electron chi connectivity index (χ2n) is 12.0. The van der Waals surface area contributed by atoms with Crippen LogP contribution in [0.5, 0.6) is 0 Å². The minimum absolute atomic E-state index is 0.237. The maximum absolute atomic E-state index is 12.3. The van der Waals surface area contributed by atoms with Gasteiger partial charge in [-0.2, -0.15) is 0 Å². The number of hydrogen-bond acceptors (Lipinski definition) is 7. The van der Waals surface area contributed by atoms with E-state index in [0.717, 1.165) is 60.4 Å². The molecule has 0 atom stereocenters. The Hall–Kier alpha value is -2.34. The van der Waals surface area contributed by atoms with Gasteiger partial charge in [0.2, 0.25) is 0 Å². The van der Waals surface area contributed by atoms with E-state index in [9.17, 15) is 4.79 Å². The average Bonchev–Trinajstić information content (AvgIpc) is 3.18. The predicted molar refractivity (Wildman–Crippen MR) is 156 cm³/mol. The van der Waals surface area contributed by atoms with Crippen LogP contribution in [-0.4, -0.2) is 81.9 Å². The number of fused-ring (bicyclic) bond motifs is 1. The summed E-state index contributed by atoms with van der Waals surface area (Å²) in [7, 11) is -1.17. The van der Waals surface area contributed by atoms with Crippen LogP contribution in [0.4, 0.5) is 4.79 Å². The molecule has 1 fully saturated rings. The Bertz CT molecular complexity index is 1240. The minimum Gasteiger partial charge on any atom is -0.444 e. The second-order valence-corrected chi connectivity index (χ2v) is 18.4. The van der Waals surface area contributed by atoms with Gasteiger partial charge in [0.05, 0.1) is 17.6 Å². The van der Waals surface area contributed by atoms with E-state index >= 15 is 0 Å². The zero-order valence-electron chi connectivity index (χ0n) is 23.3. The summed E-state index contributed by atoms with van der Waals surface area (Å²) < 4.78 is 14.3. The van der Waals surface area contributed by atoms with Crippen molar-refractivity contribution in [3.8, 4) is 11.4 Å². The van der Waals surface area contributed by atoms with Gasteiger partial charge in [-0.1, -0.05) is 25.7 Å². The summed E-state index contributed by atoms with van der Waals surface area (Å²) >= 11 is 3.43. The number of carbonyl (C=O) groups is 1. The first-order valence-corrected chi connectivity index (χ1v) is 17.6. The van der Waals surface area contributed by atoms with E-state index in [1.54, 1.807) is 11.1 Å². The highest BCUT2D eigenvalue weighted by Gasteiger charge is 2.26. The lowest BCUT2D eigenvalue weighted by Crippen LogP contribution is -2.49. The molecule has 0 aliphatic carbocycles. The predicted octanol–water partition coefficient (Wildman–Crippen LogP) is 5.62. The van der Waals surface area contributed by atoms with E-state index in [-0.39, 0.29) is 6.09 Å². The summed E-state index contributed by atoms with van der Waals surface area (Å²) in [6.07, 6.45) is 3.41. The molecule has 0 spiro atoms. The summed E-state index contributed by atoms with van der Waals surface area (Å²) in [5.41, 5.74) is 4.03. The van der Waals surface area contributed by atoms with Crippen molar-refractivity contribution in [2.75, 3.05) is 32.8 Å². The number of hydrogen-bond donors (Lipinski definition) is 0. The van der Waals surface area contributed by atoms with Crippen molar-refractivity contribution >= 4 is 41.3 Å². The Morgan fingerprint density at radius 3 is 2.45 bits per heavy atom. The topological polar surface area (TPSA) is 85.6 Å². The minimum atomic E-state index is -1.17. The van der Waals surface area contributed by atoms with Crippen molar-refractivity contribution in [2.24, 2.45) is 0 Å². The summed E-state index contributed by atoms with van der Waals surface area (Å²) in [5.74, 6) is 0. The first kappa shape index (κ1) is 28.7. The third-order valence-corrected chi connectivity index (χ3v) is 8.39. The number of rotatable bonds is 8. The first-order chi connectivity index (χ1) is 17.9. The highest BCUT2D eigenvalue weighted by atomic mass is 79.9. The number of nitrogens with zero attached hydrogens (tertiary/aromatic N) is 6. The van der Waals surface area contributed by atoms with Crippen molar-refractivity contribution in [1.29, 1.82) is 0 Å². The van der Waals surface area contributed by atoms with Crippen LogP contribution in [0.2, 0.25) is 25.7 Å². The lowest BCUT2D eigenvalue weighted by molar-refractivity contribution is 0.0139. The molecular formula is C27H39BrN6O3Si. The lowest BCUT2D eigenvalue weighted by atomic mass is 10.2. The van der Waals surface area contributed by atoms with Gasteiger partial charge in [0, 0.05) is 53.6 Å². The molecule has 38 heavy (non-hydrogen) atoms. The number of carbonyl (C=O) groups excluding carboxylic acids is 1. The van der Waals surface area contributed by atoms with Crippen molar-refractivity contribution < 1.29 is 14.3 Å². The fourth-order valence-corrected chi connectivity index (χ4v) is 5.27. The molecular weight excluding hydrogens is 564 g/mol. The quantitative estimate of drug-likeness (QED) is 0.244. The summed E-state index contributed by atoms with van der Waals surface area (Å²) in [6.45, 7) is 17.6. The van der Waals surface area contributed by atoms with Crippen LogP contribution in [-0.2, 0) is 22.7 Å². The molecule has 1 saturated heterocycles. The van der Waals surface area contributed by atoms with E-state index in [4.69, 9.17) is 14.5 Å². The highest BCUT2D eigenvalue weighted by Crippen LogP contribution is 2.27. The molecule has 3 aromatic heterocycles. The van der Waals surface area contributed by atoms with Gasteiger partial charge >= 0.3 is 6.09 Å². The number of pyridine rings is 1. The fourth-order valence-electron chi connectivity index (χ4n) is 4.22. The van der Waals surface area contributed by atoms with Crippen LogP contribution in [0.25, 0.3) is 22.6 Å². The Kier molecular flexibility index (Phi) is 8.91. The molecule has 4 rings (SSSR count). The molecule has 0 N–H and O–H groups in total. The molecule has 11 heteroatoms. The SMILES string of the molecule is CC(C)(C)OC(=O)N1CCN(Cc2ccc(-c3cc4nc(Br)cnc4n3COCC[Si](C)(C)C)nc2)CC1. The second kappa shape index (κ2) is 11.8. The molecule has 0 radical (unpaired) electrons. The molecule has 0 saturated carbocycles. The summed E-state index contributed by atoms with van der Waals surface area (Å²) in [4.78, 5) is 30.5. The smallest absolute Gasteiger partial charge is 0.410 e. The summed E-state index contributed by atoms with van der Waals surface area (Å²) in [5, 5.41) is 0. The maximum atomic E-state index is 12.3. The average molecular weight is 604 g/mol. The number of halogens is 1. The monoisotopic (exact) mass is 602 g/mol. The van der Waals surface area contributed by atoms with E-state index in [1.165, 1.54) is 0 Å². The number of piperazine rings is 1. The number of aromatic nitrogens is 4. The van der Waals surface area contributed by atoms with E-state index in [2.05, 4.69) is 61.1 Å². The molecule has 3 aromatic rings. The Balaban J connectivity index is 1.42. The van der Waals surface area contributed by atoms with Crippen molar-refractivity contribution in [3.63, 3.8) is 0 Å². The molecule has 0 bridgehead atoms. The van der Waals surface area contributed by atoms with E-state index in [1.807, 2.05) is 39.1 Å². The van der Waals surface area contributed by atoms with E-state index in [0.29, 0.717) is 24.4 Å².